The van der Waals surface area contributed by atoms with E-state index in [0.717, 1.165) is 12.1 Å². The number of hydrogen-bond acceptors (Lipinski definition) is 5. The molecule has 1 saturated heterocycles. The van der Waals surface area contributed by atoms with Crippen LogP contribution >= 0.6 is 0 Å². The van der Waals surface area contributed by atoms with Crippen LogP contribution in [-0.4, -0.2) is 53.3 Å². The van der Waals surface area contributed by atoms with Crippen molar-refractivity contribution in [2.75, 3.05) is 31.1 Å². The van der Waals surface area contributed by atoms with Gasteiger partial charge in [0.2, 0.25) is 5.91 Å². The SMILES string of the molecule is CC(=O)N1CCN(c2cc(-c3ccc(OC(F)(F)F)c(F)c3)ncn2)CC1. The molecule has 2 heterocycles. The minimum atomic E-state index is -4.97. The highest BCUT2D eigenvalue weighted by atomic mass is 19.4. The van der Waals surface area contributed by atoms with E-state index in [0.29, 0.717) is 43.3 Å². The van der Waals surface area contributed by atoms with Crippen LogP contribution in [0.4, 0.5) is 23.4 Å². The van der Waals surface area contributed by atoms with Crippen molar-refractivity contribution in [2.24, 2.45) is 0 Å². The summed E-state index contributed by atoms with van der Waals surface area (Å²) in [7, 11) is 0. The minimum absolute atomic E-state index is 0.00895. The Bertz CT molecular complexity index is 836. The van der Waals surface area contributed by atoms with Crippen LogP contribution in [0.3, 0.4) is 0 Å². The summed E-state index contributed by atoms with van der Waals surface area (Å²) in [6, 6.07) is 4.76. The zero-order valence-corrected chi connectivity index (χ0v) is 14.3. The van der Waals surface area contributed by atoms with Crippen LogP contribution in [0.1, 0.15) is 6.92 Å². The van der Waals surface area contributed by atoms with E-state index in [4.69, 9.17) is 0 Å². The predicted octanol–water partition coefficient (Wildman–Crippen LogP) is 2.85. The van der Waals surface area contributed by atoms with Gasteiger partial charge in [-0.05, 0) is 18.2 Å². The molecule has 1 fully saturated rings. The fraction of sp³-hybridized carbons (Fsp3) is 0.353. The smallest absolute Gasteiger partial charge is 0.403 e. The Labute approximate surface area is 152 Å². The third-order valence-corrected chi connectivity index (χ3v) is 4.15. The summed E-state index contributed by atoms with van der Waals surface area (Å²) in [5.74, 6) is -1.44. The summed E-state index contributed by atoms with van der Waals surface area (Å²) in [6.45, 7) is 3.81. The van der Waals surface area contributed by atoms with Crippen molar-refractivity contribution in [3.8, 4) is 17.0 Å². The summed E-state index contributed by atoms with van der Waals surface area (Å²) in [5.41, 5.74) is 0.666. The van der Waals surface area contributed by atoms with E-state index in [2.05, 4.69) is 14.7 Å². The van der Waals surface area contributed by atoms with Gasteiger partial charge in [0, 0.05) is 44.7 Å². The van der Waals surface area contributed by atoms with Crippen LogP contribution in [0, 0.1) is 5.82 Å². The number of alkyl halides is 3. The number of rotatable bonds is 3. The average Bonchev–Trinajstić information content (AvgIpc) is 2.62. The number of nitrogens with zero attached hydrogens (tertiary/aromatic N) is 4. The van der Waals surface area contributed by atoms with Gasteiger partial charge in [-0.15, -0.1) is 13.2 Å². The third-order valence-electron chi connectivity index (χ3n) is 4.15. The van der Waals surface area contributed by atoms with E-state index in [1.807, 2.05) is 4.90 Å². The van der Waals surface area contributed by atoms with Crippen molar-refractivity contribution in [3.63, 3.8) is 0 Å². The van der Waals surface area contributed by atoms with E-state index in [9.17, 15) is 22.4 Å². The molecule has 1 aliphatic heterocycles. The topological polar surface area (TPSA) is 58.6 Å². The minimum Gasteiger partial charge on any atom is -0.403 e. The first-order valence-corrected chi connectivity index (χ1v) is 8.11. The maximum absolute atomic E-state index is 13.9. The summed E-state index contributed by atoms with van der Waals surface area (Å²) >= 11 is 0. The van der Waals surface area contributed by atoms with E-state index >= 15 is 0 Å². The van der Waals surface area contributed by atoms with Crippen LogP contribution in [0.15, 0.2) is 30.6 Å². The van der Waals surface area contributed by atoms with Gasteiger partial charge in [0.25, 0.3) is 0 Å². The van der Waals surface area contributed by atoms with E-state index in [-0.39, 0.29) is 5.91 Å². The molecular weight excluding hydrogens is 368 g/mol. The second-order valence-electron chi connectivity index (χ2n) is 5.95. The lowest BCUT2D eigenvalue weighted by Gasteiger charge is -2.34. The molecule has 0 aliphatic carbocycles. The molecule has 1 aromatic carbocycles. The van der Waals surface area contributed by atoms with E-state index in [1.54, 1.807) is 11.0 Å². The molecule has 0 spiro atoms. The lowest BCUT2D eigenvalue weighted by Crippen LogP contribution is -2.48. The second-order valence-corrected chi connectivity index (χ2v) is 5.95. The molecule has 6 nitrogen and oxygen atoms in total. The van der Waals surface area contributed by atoms with Crippen LogP contribution in [0.2, 0.25) is 0 Å². The van der Waals surface area contributed by atoms with Gasteiger partial charge in [-0.2, -0.15) is 0 Å². The molecule has 1 aromatic heterocycles. The van der Waals surface area contributed by atoms with Crippen molar-refractivity contribution in [1.29, 1.82) is 0 Å². The van der Waals surface area contributed by atoms with Crippen molar-refractivity contribution in [2.45, 2.75) is 13.3 Å². The van der Waals surface area contributed by atoms with Gasteiger partial charge < -0.3 is 14.5 Å². The molecule has 0 N–H and O–H groups in total. The summed E-state index contributed by atoms with van der Waals surface area (Å²) in [4.78, 5) is 23.3. The first kappa shape index (κ1) is 18.9. The van der Waals surface area contributed by atoms with Gasteiger partial charge in [-0.3, -0.25) is 4.79 Å². The van der Waals surface area contributed by atoms with Gasteiger partial charge in [0.15, 0.2) is 11.6 Å². The third kappa shape index (κ3) is 4.63. The van der Waals surface area contributed by atoms with Crippen LogP contribution < -0.4 is 9.64 Å². The first-order chi connectivity index (χ1) is 12.7. The van der Waals surface area contributed by atoms with Gasteiger partial charge in [0.1, 0.15) is 12.1 Å². The molecule has 27 heavy (non-hydrogen) atoms. The monoisotopic (exact) mass is 384 g/mol. The standard InChI is InChI=1S/C17H16F4N4O2/c1-11(26)24-4-6-25(7-5-24)16-9-14(22-10-23-16)12-2-3-15(13(18)8-12)27-17(19,20)21/h2-3,8-10H,4-7H2,1H3. The number of benzene rings is 1. The van der Waals surface area contributed by atoms with Crippen molar-refractivity contribution in [3.05, 3.63) is 36.4 Å². The number of ether oxygens (including phenoxy) is 1. The molecule has 0 bridgehead atoms. The molecule has 10 heteroatoms. The van der Waals surface area contributed by atoms with Gasteiger partial charge >= 0.3 is 6.36 Å². The van der Waals surface area contributed by atoms with Gasteiger partial charge in [0.05, 0.1) is 5.69 Å². The Morgan fingerprint density at radius 3 is 2.41 bits per heavy atom. The number of carbonyl (C=O) groups excluding carboxylic acids is 1. The second kappa shape index (κ2) is 7.37. The van der Waals surface area contributed by atoms with Crippen molar-refractivity contribution >= 4 is 11.7 Å². The molecular formula is C17H16F4N4O2. The Morgan fingerprint density at radius 1 is 1.11 bits per heavy atom. The Kier molecular flexibility index (Phi) is 5.15. The van der Waals surface area contributed by atoms with Crippen molar-refractivity contribution < 1.29 is 27.1 Å². The zero-order valence-electron chi connectivity index (χ0n) is 14.3. The number of halogens is 4. The number of carbonyl (C=O) groups is 1. The van der Waals surface area contributed by atoms with Crippen LogP contribution in [0.25, 0.3) is 11.3 Å². The highest BCUT2D eigenvalue weighted by molar-refractivity contribution is 5.73. The maximum atomic E-state index is 13.9. The highest BCUT2D eigenvalue weighted by Gasteiger charge is 2.32. The number of aromatic nitrogens is 2. The first-order valence-electron chi connectivity index (χ1n) is 8.11. The van der Waals surface area contributed by atoms with Crippen molar-refractivity contribution in [1.82, 2.24) is 14.9 Å². The molecule has 0 saturated carbocycles. The lowest BCUT2D eigenvalue weighted by atomic mass is 10.1. The summed E-state index contributed by atoms with van der Waals surface area (Å²) in [5, 5.41) is 0. The molecule has 144 valence electrons. The fourth-order valence-corrected chi connectivity index (χ4v) is 2.80. The molecule has 0 atom stereocenters. The quantitative estimate of drug-likeness (QED) is 0.762. The molecule has 1 aliphatic rings. The van der Waals surface area contributed by atoms with Crippen LogP contribution in [-0.2, 0) is 4.79 Å². The molecule has 3 rings (SSSR count). The van der Waals surface area contributed by atoms with Gasteiger partial charge in [-0.1, -0.05) is 0 Å². The molecule has 1 amide bonds. The normalized spacial score (nSPS) is 15.0. The van der Waals surface area contributed by atoms with Gasteiger partial charge in [-0.25, -0.2) is 14.4 Å². The fourth-order valence-electron chi connectivity index (χ4n) is 2.80. The Morgan fingerprint density at radius 2 is 1.81 bits per heavy atom. The van der Waals surface area contributed by atoms with E-state index in [1.165, 1.54) is 19.3 Å². The Balaban J connectivity index is 1.78. The van der Waals surface area contributed by atoms with E-state index < -0.39 is 17.9 Å². The number of hydrogen-bond donors (Lipinski definition) is 0. The maximum Gasteiger partial charge on any atom is 0.573 e. The number of amides is 1. The largest absolute Gasteiger partial charge is 0.573 e. The van der Waals surface area contributed by atoms with Crippen LogP contribution in [0.5, 0.6) is 5.75 Å². The summed E-state index contributed by atoms with van der Waals surface area (Å²) < 4.78 is 54.3. The zero-order chi connectivity index (χ0) is 19.6. The average molecular weight is 384 g/mol. The number of piperazine rings is 1. The lowest BCUT2D eigenvalue weighted by molar-refractivity contribution is -0.275. The number of anilines is 1. The predicted molar refractivity (Wildman–Crippen MR) is 88.6 cm³/mol. The summed E-state index contributed by atoms with van der Waals surface area (Å²) in [6.07, 6.45) is -3.66. The Hall–Kier alpha value is -2.91. The molecule has 2 aromatic rings. The molecule has 0 radical (unpaired) electrons. The molecule has 0 unspecified atom stereocenters. The highest BCUT2D eigenvalue weighted by Crippen LogP contribution is 2.29.